The van der Waals surface area contributed by atoms with Crippen molar-refractivity contribution < 1.29 is 18.0 Å². The normalized spacial score (nSPS) is 20.6. The number of likely N-dealkylation sites (tertiary alicyclic amines) is 1. The van der Waals surface area contributed by atoms with Crippen molar-refractivity contribution in [2.75, 3.05) is 19.3 Å². The van der Waals surface area contributed by atoms with E-state index in [1.54, 1.807) is 4.90 Å². The van der Waals surface area contributed by atoms with Crippen LogP contribution in [0.25, 0.3) is 0 Å². The lowest BCUT2D eigenvalue weighted by Gasteiger charge is -2.22. The van der Waals surface area contributed by atoms with Gasteiger partial charge in [0.05, 0.1) is 12.3 Å². The van der Waals surface area contributed by atoms with Gasteiger partial charge >= 0.3 is 0 Å². The molecule has 1 N–H and O–H groups in total. The average molecular weight is 262 g/mol. The van der Waals surface area contributed by atoms with Crippen LogP contribution >= 0.6 is 0 Å². The third-order valence-corrected chi connectivity index (χ3v) is 3.47. The Balaban J connectivity index is 2.45. The Labute approximate surface area is 101 Å². The summed E-state index contributed by atoms with van der Waals surface area (Å²) in [6.07, 6.45) is 2.68. The molecule has 0 bridgehead atoms. The van der Waals surface area contributed by atoms with Gasteiger partial charge in [-0.05, 0) is 19.8 Å². The number of hydrogen-bond acceptors (Lipinski definition) is 4. The summed E-state index contributed by atoms with van der Waals surface area (Å²) < 4.78 is 23.9. The Kier molecular flexibility index (Phi) is 4.64. The van der Waals surface area contributed by atoms with Gasteiger partial charge in [-0.25, -0.2) is 13.1 Å². The van der Waals surface area contributed by atoms with Crippen LogP contribution in [0.15, 0.2) is 0 Å². The van der Waals surface area contributed by atoms with Crippen LogP contribution in [0.4, 0.5) is 0 Å². The maximum atomic E-state index is 11.8. The fraction of sp³-hybridized carbons (Fsp3) is 0.800. The lowest BCUT2D eigenvalue weighted by Crippen LogP contribution is -2.40. The number of sulfonamides is 1. The summed E-state index contributed by atoms with van der Waals surface area (Å²) in [5.74, 6) is -0.175. The molecular formula is C10H18N2O4S. The second-order valence-corrected chi connectivity index (χ2v) is 6.11. The molecule has 1 aliphatic heterocycles. The molecule has 0 saturated carbocycles. The topological polar surface area (TPSA) is 83.6 Å². The molecule has 0 aliphatic carbocycles. The molecular weight excluding hydrogens is 244 g/mol. The van der Waals surface area contributed by atoms with Crippen molar-refractivity contribution in [1.82, 2.24) is 9.62 Å². The maximum absolute atomic E-state index is 11.8. The van der Waals surface area contributed by atoms with E-state index in [0.717, 1.165) is 12.7 Å². The highest BCUT2D eigenvalue weighted by Crippen LogP contribution is 2.18. The molecule has 0 aromatic heterocycles. The molecule has 6 nitrogen and oxygen atoms in total. The molecule has 98 valence electrons. The molecule has 0 unspecified atom stereocenters. The van der Waals surface area contributed by atoms with Gasteiger partial charge in [0.15, 0.2) is 5.78 Å². The standard InChI is InChI=1S/C10H18N2O4S/c1-8(13)9-4-3-7-12(9)10(14)5-6-11-17(2,15)16/h9,11H,3-7H2,1-2H3/t9-/m1/s1. The monoisotopic (exact) mass is 262 g/mol. The molecule has 0 radical (unpaired) electrons. The van der Waals surface area contributed by atoms with Gasteiger partial charge in [-0.1, -0.05) is 0 Å². The lowest BCUT2D eigenvalue weighted by atomic mass is 10.1. The van der Waals surface area contributed by atoms with E-state index in [1.165, 1.54) is 6.92 Å². The molecule has 0 aromatic rings. The van der Waals surface area contributed by atoms with Crippen molar-refractivity contribution in [3.8, 4) is 0 Å². The van der Waals surface area contributed by atoms with Gasteiger partial charge in [-0.15, -0.1) is 0 Å². The summed E-state index contributed by atoms with van der Waals surface area (Å²) in [5.41, 5.74) is 0. The van der Waals surface area contributed by atoms with E-state index in [2.05, 4.69) is 4.72 Å². The fourth-order valence-corrected chi connectivity index (χ4v) is 2.45. The summed E-state index contributed by atoms with van der Waals surface area (Å²) in [4.78, 5) is 24.6. The van der Waals surface area contributed by atoms with Gasteiger partial charge in [0.1, 0.15) is 0 Å². The van der Waals surface area contributed by atoms with Gasteiger partial charge in [-0.3, -0.25) is 9.59 Å². The highest BCUT2D eigenvalue weighted by Gasteiger charge is 2.31. The Morgan fingerprint density at radius 3 is 2.59 bits per heavy atom. The first kappa shape index (κ1) is 14.1. The van der Waals surface area contributed by atoms with E-state index in [1.807, 2.05) is 0 Å². The van der Waals surface area contributed by atoms with Crippen LogP contribution in [-0.4, -0.2) is 50.4 Å². The molecule has 1 saturated heterocycles. The highest BCUT2D eigenvalue weighted by molar-refractivity contribution is 7.88. The zero-order valence-electron chi connectivity index (χ0n) is 10.1. The van der Waals surface area contributed by atoms with Gasteiger partial charge in [0.25, 0.3) is 0 Å². The van der Waals surface area contributed by atoms with Crippen molar-refractivity contribution in [3.63, 3.8) is 0 Å². The van der Waals surface area contributed by atoms with E-state index in [4.69, 9.17) is 0 Å². The Hall–Kier alpha value is -0.950. The number of nitrogens with one attached hydrogen (secondary N) is 1. The Morgan fingerprint density at radius 2 is 2.06 bits per heavy atom. The van der Waals surface area contributed by atoms with Crippen LogP contribution in [-0.2, 0) is 19.6 Å². The van der Waals surface area contributed by atoms with Crippen LogP contribution < -0.4 is 4.72 Å². The summed E-state index contributed by atoms with van der Waals surface area (Å²) in [7, 11) is -3.26. The first-order valence-electron chi connectivity index (χ1n) is 5.56. The first-order valence-corrected chi connectivity index (χ1v) is 7.45. The van der Waals surface area contributed by atoms with Gasteiger partial charge < -0.3 is 4.90 Å². The number of Topliss-reactive ketones (excluding diaryl/α,β-unsaturated/α-hetero) is 1. The van der Waals surface area contributed by atoms with Crippen molar-refractivity contribution in [2.45, 2.75) is 32.2 Å². The zero-order valence-corrected chi connectivity index (χ0v) is 10.9. The maximum Gasteiger partial charge on any atom is 0.224 e. The molecule has 0 aromatic carbocycles. The molecule has 1 aliphatic rings. The molecule has 0 spiro atoms. The van der Waals surface area contributed by atoms with Gasteiger partial charge in [0.2, 0.25) is 15.9 Å². The Morgan fingerprint density at radius 1 is 1.41 bits per heavy atom. The third kappa shape index (κ3) is 4.43. The summed E-state index contributed by atoms with van der Waals surface area (Å²) in [5, 5.41) is 0. The van der Waals surface area contributed by atoms with Crippen molar-refractivity contribution in [2.24, 2.45) is 0 Å². The number of nitrogens with zero attached hydrogens (tertiary/aromatic N) is 1. The molecule has 1 rings (SSSR count). The van der Waals surface area contributed by atoms with Gasteiger partial charge in [0, 0.05) is 19.5 Å². The smallest absolute Gasteiger partial charge is 0.224 e. The Bertz CT molecular complexity index is 405. The van der Waals surface area contributed by atoms with Crippen LogP contribution in [0.3, 0.4) is 0 Å². The van der Waals surface area contributed by atoms with Crippen LogP contribution in [0.1, 0.15) is 26.2 Å². The van der Waals surface area contributed by atoms with Crippen LogP contribution in [0.2, 0.25) is 0 Å². The van der Waals surface area contributed by atoms with Crippen molar-refractivity contribution in [3.05, 3.63) is 0 Å². The number of rotatable bonds is 5. The quantitative estimate of drug-likeness (QED) is 0.724. The SMILES string of the molecule is CC(=O)[C@H]1CCCN1C(=O)CCNS(C)(=O)=O. The van der Waals surface area contributed by atoms with Crippen LogP contribution in [0.5, 0.6) is 0 Å². The summed E-state index contributed by atoms with van der Waals surface area (Å²) in [6, 6.07) is -0.319. The molecule has 7 heteroatoms. The largest absolute Gasteiger partial charge is 0.333 e. The van der Waals surface area contributed by atoms with Crippen LogP contribution in [0, 0.1) is 0 Å². The van der Waals surface area contributed by atoms with Crippen molar-refractivity contribution >= 4 is 21.7 Å². The zero-order chi connectivity index (χ0) is 13.1. The van der Waals surface area contributed by atoms with E-state index in [-0.39, 0.29) is 30.7 Å². The van der Waals surface area contributed by atoms with E-state index in [9.17, 15) is 18.0 Å². The number of amides is 1. The molecule has 1 heterocycles. The van der Waals surface area contributed by atoms with E-state index >= 15 is 0 Å². The first-order chi connectivity index (χ1) is 7.81. The molecule has 17 heavy (non-hydrogen) atoms. The molecule has 1 atom stereocenters. The van der Waals surface area contributed by atoms with E-state index < -0.39 is 10.0 Å². The minimum absolute atomic E-state index is 0.00748. The number of hydrogen-bond donors (Lipinski definition) is 1. The van der Waals surface area contributed by atoms with E-state index in [0.29, 0.717) is 13.0 Å². The highest BCUT2D eigenvalue weighted by atomic mass is 32.2. The minimum atomic E-state index is -3.26. The van der Waals surface area contributed by atoms with Crippen molar-refractivity contribution in [1.29, 1.82) is 0 Å². The second-order valence-electron chi connectivity index (χ2n) is 4.27. The third-order valence-electron chi connectivity index (χ3n) is 2.75. The predicted molar refractivity (Wildman–Crippen MR) is 62.9 cm³/mol. The lowest BCUT2D eigenvalue weighted by molar-refractivity contribution is -0.136. The predicted octanol–water partition coefficient (Wildman–Crippen LogP) is -0.494. The summed E-state index contributed by atoms with van der Waals surface area (Å²) >= 11 is 0. The number of ketones is 1. The molecule has 1 fully saturated rings. The fourth-order valence-electron chi connectivity index (χ4n) is 1.97. The van der Waals surface area contributed by atoms with Gasteiger partial charge in [-0.2, -0.15) is 0 Å². The minimum Gasteiger partial charge on any atom is -0.333 e. The molecule has 1 amide bonds. The second kappa shape index (κ2) is 5.59. The number of carbonyl (C=O) groups is 2. The summed E-state index contributed by atoms with van der Waals surface area (Å²) in [6.45, 7) is 2.14. The average Bonchev–Trinajstić information content (AvgIpc) is 2.63. The number of carbonyl (C=O) groups excluding carboxylic acids is 2.